The molecule has 0 aliphatic rings. The molecule has 0 saturated carbocycles. The van der Waals surface area contributed by atoms with Crippen molar-refractivity contribution in [3.63, 3.8) is 0 Å². The summed E-state index contributed by atoms with van der Waals surface area (Å²) in [5.41, 5.74) is 2.04. The van der Waals surface area contributed by atoms with Crippen LogP contribution in [0.2, 0.25) is 0 Å². The molecule has 0 saturated heterocycles. The van der Waals surface area contributed by atoms with Crippen molar-refractivity contribution >= 4 is 6.09 Å². The molecule has 0 aromatic rings. The van der Waals surface area contributed by atoms with Gasteiger partial charge in [0.2, 0.25) is 0 Å². The van der Waals surface area contributed by atoms with Crippen molar-refractivity contribution in [2.75, 3.05) is 0 Å². The number of nitrogens with one attached hydrogen (secondary N) is 1. The molecule has 0 fully saturated rings. The van der Waals surface area contributed by atoms with E-state index in [-0.39, 0.29) is 6.10 Å². The summed E-state index contributed by atoms with van der Waals surface area (Å²) in [5.74, 6) is 6.80. The van der Waals surface area contributed by atoms with E-state index in [1.165, 1.54) is 0 Å². The number of amides is 1. The van der Waals surface area contributed by atoms with Gasteiger partial charge in [-0.1, -0.05) is 41.5 Å². The summed E-state index contributed by atoms with van der Waals surface area (Å²) in [6.07, 6.45) is 0.428. The summed E-state index contributed by atoms with van der Waals surface area (Å²) in [7, 11) is 0. The Morgan fingerprint density at radius 2 is 1.65 bits per heavy atom. The zero-order valence-corrected chi connectivity index (χ0v) is 12.0. The van der Waals surface area contributed by atoms with Crippen molar-refractivity contribution in [2.45, 2.75) is 54.1 Å². The zero-order valence-electron chi connectivity index (χ0n) is 12.0. The molecule has 2 unspecified atom stereocenters. The Bertz CT molecular complexity index is 227. The smallest absolute Gasteiger partial charge is 0.421 e. The number of carbonyl (C=O) groups excluding carboxylic acids is 1. The fraction of sp³-hybridized carbons (Fsp3) is 0.923. The van der Waals surface area contributed by atoms with Crippen LogP contribution in [0.5, 0.6) is 0 Å². The van der Waals surface area contributed by atoms with Crippen molar-refractivity contribution < 1.29 is 9.53 Å². The zero-order chi connectivity index (χ0) is 13.6. The maximum atomic E-state index is 11.3. The van der Waals surface area contributed by atoms with Crippen LogP contribution in [0.1, 0.15) is 48.0 Å². The van der Waals surface area contributed by atoms with E-state index in [1.807, 2.05) is 5.43 Å². The molecule has 0 aromatic heterocycles. The van der Waals surface area contributed by atoms with Gasteiger partial charge in [-0.25, -0.2) is 10.6 Å². The van der Waals surface area contributed by atoms with Crippen molar-refractivity contribution in [2.24, 2.45) is 29.5 Å². The SMILES string of the molecule is CC(C)CC(C(C)C)C(OC(=O)NN)C(C)C. The van der Waals surface area contributed by atoms with Crippen molar-refractivity contribution in [3.05, 3.63) is 0 Å². The highest BCUT2D eigenvalue weighted by Gasteiger charge is 2.30. The van der Waals surface area contributed by atoms with Gasteiger partial charge in [-0.3, -0.25) is 5.43 Å². The first-order valence-electron chi connectivity index (χ1n) is 6.46. The van der Waals surface area contributed by atoms with E-state index in [9.17, 15) is 4.79 Å². The molecule has 17 heavy (non-hydrogen) atoms. The highest BCUT2D eigenvalue weighted by Crippen LogP contribution is 2.29. The third kappa shape index (κ3) is 5.91. The van der Waals surface area contributed by atoms with Crippen LogP contribution in [0.3, 0.4) is 0 Å². The van der Waals surface area contributed by atoms with Crippen LogP contribution >= 0.6 is 0 Å². The van der Waals surface area contributed by atoms with Gasteiger partial charge in [0.1, 0.15) is 6.10 Å². The van der Waals surface area contributed by atoms with Gasteiger partial charge in [0.05, 0.1) is 0 Å². The molecule has 0 heterocycles. The Labute approximate surface area is 105 Å². The van der Waals surface area contributed by atoms with Crippen LogP contribution in [0.4, 0.5) is 4.79 Å². The number of hydrogen-bond donors (Lipinski definition) is 2. The molecule has 1 amide bonds. The summed E-state index contributed by atoms with van der Waals surface area (Å²) < 4.78 is 5.41. The number of hydrazine groups is 1. The number of hydrogen-bond acceptors (Lipinski definition) is 3. The van der Waals surface area contributed by atoms with E-state index in [1.54, 1.807) is 0 Å². The monoisotopic (exact) mass is 244 g/mol. The van der Waals surface area contributed by atoms with Gasteiger partial charge in [-0.05, 0) is 30.1 Å². The topological polar surface area (TPSA) is 64.3 Å². The van der Waals surface area contributed by atoms with Crippen LogP contribution in [0.25, 0.3) is 0 Å². The minimum atomic E-state index is -0.543. The number of ether oxygens (including phenoxy) is 1. The predicted molar refractivity (Wildman–Crippen MR) is 70.2 cm³/mol. The molecule has 4 heteroatoms. The number of rotatable bonds is 6. The molecule has 4 nitrogen and oxygen atoms in total. The molecular formula is C13H28N2O2. The molecule has 0 aliphatic carbocycles. The van der Waals surface area contributed by atoms with Crippen LogP contribution < -0.4 is 11.3 Å². The highest BCUT2D eigenvalue weighted by atomic mass is 16.6. The van der Waals surface area contributed by atoms with Gasteiger partial charge in [0.15, 0.2) is 0 Å². The Hall–Kier alpha value is -0.770. The quantitative estimate of drug-likeness (QED) is 0.429. The molecule has 2 atom stereocenters. The van der Waals surface area contributed by atoms with Gasteiger partial charge < -0.3 is 4.74 Å². The Kier molecular flexibility index (Phi) is 7.19. The lowest BCUT2D eigenvalue weighted by molar-refractivity contribution is 0.00910. The molecule has 0 radical (unpaired) electrons. The average Bonchev–Trinajstić information content (AvgIpc) is 2.21. The third-order valence-electron chi connectivity index (χ3n) is 3.04. The Balaban J connectivity index is 4.76. The lowest BCUT2D eigenvalue weighted by atomic mass is 9.79. The molecular weight excluding hydrogens is 216 g/mol. The first-order valence-corrected chi connectivity index (χ1v) is 6.46. The third-order valence-corrected chi connectivity index (χ3v) is 3.04. The predicted octanol–water partition coefficient (Wildman–Crippen LogP) is 2.93. The van der Waals surface area contributed by atoms with E-state index in [0.717, 1.165) is 6.42 Å². The minimum Gasteiger partial charge on any atom is -0.445 e. The summed E-state index contributed by atoms with van der Waals surface area (Å²) in [5, 5.41) is 0. The first-order chi connectivity index (χ1) is 7.79. The molecule has 0 aromatic carbocycles. The van der Waals surface area contributed by atoms with Crippen molar-refractivity contribution in [3.8, 4) is 0 Å². The van der Waals surface area contributed by atoms with Crippen LogP contribution in [0.15, 0.2) is 0 Å². The van der Waals surface area contributed by atoms with Crippen LogP contribution in [0, 0.1) is 23.7 Å². The second-order valence-corrected chi connectivity index (χ2v) is 5.80. The second-order valence-electron chi connectivity index (χ2n) is 5.80. The number of carbonyl (C=O) groups is 1. The van der Waals surface area contributed by atoms with Gasteiger partial charge in [0.25, 0.3) is 0 Å². The van der Waals surface area contributed by atoms with Gasteiger partial charge in [-0.2, -0.15) is 0 Å². The van der Waals surface area contributed by atoms with E-state index >= 15 is 0 Å². The molecule has 102 valence electrons. The molecule has 0 aliphatic heterocycles. The molecule has 0 rings (SSSR count). The van der Waals surface area contributed by atoms with Crippen LogP contribution in [-0.4, -0.2) is 12.2 Å². The van der Waals surface area contributed by atoms with Gasteiger partial charge in [0, 0.05) is 0 Å². The van der Waals surface area contributed by atoms with Crippen LogP contribution in [-0.2, 0) is 4.74 Å². The van der Waals surface area contributed by atoms with Gasteiger partial charge in [-0.15, -0.1) is 0 Å². The maximum Gasteiger partial charge on any atom is 0.421 e. The van der Waals surface area contributed by atoms with E-state index in [2.05, 4.69) is 41.5 Å². The van der Waals surface area contributed by atoms with E-state index in [4.69, 9.17) is 10.6 Å². The fourth-order valence-electron chi connectivity index (χ4n) is 2.21. The highest BCUT2D eigenvalue weighted by molar-refractivity contribution is 5.66. The van der Waals surface area contributed by atoms with Gasteiger partial charge >= 0.3 is 6.09 Å². The fourth-order valence-corrected chi connectivity index (χ4v) is 2.21. The normalized spacial score (nSPS) is 15.2. The standard InChI is InChI=1S/C13H28N2O2/c1-8(2)7-11(9(3)4)12(10(5)6)17-13(16)15-14/h8-12H,7,14H2,1-6H3,(H,15,16). The lowest BCUT2D eigenvalue weighted by Crippen LogP contribution is -2.40. The largest absolute Gasteiger partial charge is 0.445 e. The Morgan fingerprint density at radius 1 is 1.12 bits per heavy atom. The molecule has 0 spiro atoms. The molecule has 3 N–H and O–H groups in total. The van der Waals surface area contributed by atoms with E-state index < -0.39 is 6.09 Å². The first kappa shape index (κ1) is 16.2. The average molecular weight is 244 g/mol. The minimum absolute atomic E-state index is 0.0825. The lowest BCUT2D eigenvalue weighted by Gasteiger charge is -2.33. The summed E-state index contributed by atoms with van der Waals surface area (Å²) >= 11 is 0. The number of nitrogens with two attached hydrogens (primary N) is 1. The summed E-state index contributed by atoms with van der Waals surface area (Å²) in [6.45, 7) is 12.9. The van der Waals surface area contributed by atoms with E-state index in [0.29, 0.717) is 23.7 Å². The maximum absolute atomic E-state index is 11.3. The van der Waals surface area contributed by atoms with Crippen molar-refractivity contribution in [1.82, 2.24) is 5.43 Å². The molecule has 0 bridgehead atoms. The Morgan fingerprint density at radius 3 is 1.94 bits per heavy atom. The summed E-state index contributed by atoms with van der Waals surface area (Å²) in [4.78, 5) is 11.3. The van der Waals surface area contributed by atoms with Crippen molar-refractivity contribution in [1.29, 1.82) is 0 Å². The summed E-state index contributed by atoms with van der Waals surface area (Å²) in [6, 6.07) is 0. The second kappa shape index (κ2) is 7.54.